The number of esters is 1. The number of thiazole rings is 1. The molecule has 0 radical (unpaired) electrons. The van der Waals surface area contributed by atoms with E-state index in [0.717, 1.165) is 66.9 Å². The normalized spacial score (nSPS) is 27.0. The topological polar surface area (TPSA) is 149 Å². The number of nitrogens with one attached hydrogen (secondary N) is 2. The molecule has 4 aliphatic rings. The fourth-order valence-electron chi connectivity index (χ4n) is 7.58. The quantitative estimate of drug-likeness (QED) is 0.242. The van der Waals surface area contributed by atoms with Crippen molar-refractivity contribution in [2.45, 2.75) is 147 Å². The van der Waals surface area contributed by atoms with Crippen LogP contribution in [0.4, 0.5) is 4.79 Å². The molecule has 0 aromatic carbocycles. The molecule has 3 amide bonds. The van der Waals surface area contributed by atoms with Crippen LogP contribution in [0, 0.1) is 5.92 Å². The monoisotopic (exact) mass is 749 g/mol. The largest absolute Gasteiger partial charge is 0.472 e. The van der Waals surface area contributed by atoms with Crippen molar-refractivity contribution >= 4 is 35.2 Å². The molecule has 0 bridgehead atoms. The average Bonchev–Trinajstić information content (AvgIpc) is 3.40. The molecule has 288 valence electrons. The molecule has 1 saturated heterocycles. The highest BCUT2D eigenvalue weighted by molar-refractivity contribution is 7.13. The van der Waals surface area contributed by atoms with Crippen LogP contribution < -0.4 is 15.4 Å². The van der Waals surface area contributed by atoms with Crippen molar-refractivity contribution < 1.29 is 33.4 Å². The van der Waals surface area contributed by atoms with Gasteiger partial charge in [-0.2, -0.15) is 0 Å². The first-order valence-corrected chi connectivity index (χ1v) is 20.3. The molecular formula is C40H55N5O7S. The Labute approximate surface area is 316 Å². The molecule has 6 rings (SSSR count). The van der Waals surface area contributed by atoms with Gasteiger partial charge in [-0.25, -0.2) is 19.6 Å². The van der Waals surface area contributed by atoms with Crippen molar-refractivity contribution in [1.82, 2.24) is 25.5 Å². The van der Waals surface area contributed by atoms with E-state index in [1.54, 1.807) is 39.0 Å². The molecule has 2 N–H and O–H groups in total. The van der Waals surface area contributed by atoms with Crippen LogP contribution in [0.25, 0.3) is 10.7 Å². The van der Waals surface area contributed by atoms with Crippen molar-refractivity contribution in [3.8, 4) is 16.6 Å². The van der Waals surface area contributed by atoms with Gasteiger partial charge in [-0.1, -0.05) is 38.8 Å². The number of aromatic nitrogens is 2. The molecule has 2 aliphatic heterocycles. The number of alkyl carbamates (subject to hydrolysis) is 1. The standard InChI is InChI=1S/C40H55N5O7S/c1-7-50-37(48)40-21-26(40)16-11-9-8-10-12-18-29(43-38(49)52-39(4,5)6)36(47)45-22-27(20-32(45)33(46)44-40)51-34-28-17-14-13-15-25(28)19-30(41-34)35-42-31(23-53-35)24(2)3/h11,16,19,23-24,26-27,29,32H,7-10,12-15,17-18,20-22H2,1-6H3,(H,43,49)(H,44,46)/b16-11-/t26-,27-,29+,32+,40-/m1/s1. The van der Waals surface area contributed by atoms with Gasteiger partial charge >= 0.3 is 12.1 Å². The zero-order chi connectivity index (χ0) is 37.9. The number of amides is 3. The lowest BCUT2D eigenvalue weighted by Crippen LogP contribution is -2.56. The van der Waals surface area contributed by atoms with Crippen LogP contribution in [-0.2, 0) is 36.7 Å². The minimum Gasteiger partial charge on any atom is -0.472 e. The molecule has 0 unspecified atom stereocenters. The number of fused-ring (bicyclic) bond motifs is 3. The van der Waals surface area contributed by atoms with Gasteiger partial charge < -0.3 is 29.7 Å². The number of carbonyl (C=O) groups is 4. The first-order valence-electron chi connectivity index (χ1n) is 19.4. The highest BCUT2D eigenvalue weighted by Crippen LogP contribution is 2.46. The van der Waals surface area contributed by atoms with E-state index in [1.165, 1.54) is 10.5 Å². The smallest absolute Gasteiger partial charge is 0.408 e. The summed E-state index contributed by atoms with van der Waals surface area (Å²) in [5.41, 5.74) is 2.06. The summed E-state index contributed by atoms with van der Waals surface area (Å²) in [5.74, 6) is -0.712. The number of nitrogens with zero attached hydrogens (tertiary/aromatic N) is 3. The summed E-state index contributed by atoms with van der Waals surface area (Å²) in [7, 11) is 0. The van der Waals surface area contributed by atoms with Crippen molar-refractivity contribution in [3.05, 3.63) is 40.4 Å². The van der Waals surface area contributed by atoms with Crippen LogP contribution in [0.2, 0.25) is 0 Å². The minimum atomic E-state index is -1.19. The van der Waals surface area contributed by atoms with E-state index >= 15 is 0 Å². The number of aryl methyl sites for hydroxylation is 1. The van der Waals surface area contributed by atoms with Crippen LogP contribution in [0.3, 0.4) is 0 Å². The lowest BCUT2D eigenvalue weighted by Gasteiger charge is -2.30. The second kappa shape index (κ2) is 16.2. The van der Waals surface area contributed by atoms with E-state index in [9.17, 15) is 19.2 Å². The van der Waals surface area contributed by atoms with Crippen LogP contribution in [0.15, 0.2) is 23.6 Å². The van der Waals surface area contributed by atoms with Crippen molar-refractivity contribution in [2.24, 2.45) is 5.92 Å². The summed E-state index contributed by atoms with van der Waals surface area (Å²) in [5, 5.41) is 8.74. The van der Waals surface area contributed by atoms with Gasteiger partial charge in [0, 0.05) is 23.3 Å². The molecule has 12 nitrogen and oxygen atoms in total. The third-order valence-electron chi connectivity index (χ3n) is 10.5. The maximum Gasteiger partial charge on any atom is 0.408 e. The Morgan fingerprint density at radius 3 is 2.64 bits per heavy atom. The van der Waals surface area contributed by atoms with E-state index < -0.39 is 47.3 Å². The molecule has 4 heterocycles. The summed E-state index contributed by atoms with van der Waals surface area (Å²) in [6.07, 6.45) is 10.8. The number of rotatable bonds is 7. The van der Waals surface area contributed by atoms with Gasteiger partial charge in [0.25, 0.3) is 0 Å². The fourth-order valence-corrected chi connectivity index (χ4v) is 8.52. The third-order valence-corrected chi connectivity index (χ3v) is 11.4. The average molecular weight is 750 g/mol. The molecule has 2 aliphatic carbocycles. The lowest BCUT2D eigenvalue weighted by molar-refractivity contribution is -0.150. The van der Waals surface area contributed by atoms with Crippen LogP contribution in [-0.4, -0.2) is 81.2 Å². The Hall–Kier alpha value is -4.00. The molecule has 2 fully saturated rings. The van der Waals surface area contributed by atoms with E-state index in [-0.39, 0.29) is 31.4 Å². The van der Waals surface area contributed by atoms with Gasteiger partial charge in [-0.3, -0.25) is 9.59 Å². The molecule has 2 aromatic heterocycles. The summed E-state index contributed by atoms with van der Waals surface area (Å²) < 4.78 is 17.7. The predicted octanol–water partition coefficient (Wildman–Crippen LogP) is 6.41. The van der Waals surface area contributed by atoms with Gasteiger partial charge in [-0.05, 0) is 96.6 Å². The first-order chi connectivity index (χ1) is 25.3. The SMILES string of the molecule is CCOC(=O)[C@@]12C[C@H]1/C=C\CCCCC[C@H](NC(=O)OC(C)(C)C)C(=O)N1C[C@H](Oc3nc(-c4nc(C(C)C)cs4)cc4c3CCCC4)C[C@H]1C(=O)N2. The number of allylic oxidation sites excluding steroid dienone is 1. The van der Waals surface area contributed by atoms with Crippen molar-refractivity contribution in [2.75, 3.05) is 13.2 Å². The van der Waals surface area contributed by atoms with Gasteiger partial charge in [0.05, 0.1) is 18.8 Å². The first kappa shape index (κ1) is 38.7. The van der Waals surface area contributed by atoms with Crippen molar-refractivity contribution in [1.29, 1.82) is 0 Å². The molecule has 2 aromatic rings. The van der Waals surface area contributed by atoms with E-state index in [0.29, 0.717) is 31.1 Å². The Bertz CT molecular complexity index is 1720. The molecule has 0 spiro atoms. The number of carbonyl (C=O) groups excluding carboxylic acids is 4. The number of hydrogen-bond donors (Lipinski definition) is 2. The number of ether oxygens (including phenoxy) is 3. The van der Waals surface area contributed by atoms with Gasteiger partial charge in [0.15, 0.2) is 0 Å². The molecule has 53 heavy (non-hydrogen) atoms. The summed E-state index contributed by atoms with van der Waals surface area (Å²) in [6.45, 7) is 11.6. The Balaban J connectivity index is 1.32. The number of hydrogen-bond acceptors (Lipinski definition) is 10. The zero-order valence-corrected chi connectivity index (χ0v) is 32.8. The van der Waals surface area contributed by atoms with Crippen LogP contribution in [0.5, 0.6) is 5.88 Å². The zero-order valence-electron chi connectivity index (χ0n) is 32.0. The third kappa shape index (κ3) is 9.04. The maximum absolute atomic E-state index is 14.5. The van der Waals surface area contributed by atoms with Crippen LogP contribution in [0.1, 0.15) is 122 Å². The Morgan fingerprint density at radius 2 is 1.91 bits per heavy atom. The fraction of sp³-hybridized carbons (Fsp3) is 0.650. The van der Waals surface area contributed by atoms with E-state index in [2.05, 4.69) is 42.0 Å². The van der Waals surface area contributed by atoms with E-state index in [1.807, 2.05) is 6.08 Å². The molecule has 5 atom stereocenters. The van der Waals surface area contributed by atoms with Crippen LogP contribution >= 0.6 is 11.3 Å². The lowest BCUT2D eigenvalue weighted by atomic mass is 9.92. The minimum absolute atomic E-state index is 0.106. The molecule has 1 saturated carbocycles. The summed E-state index contributed by atoms with van der Waals surface area (Å²) in [4.78, 5) is 66.6. The maximum atomic E-state index is 14.5. The second-order valence-electron chi connectivity index (χ2n) is 16.1. The Kier molecular flexibility index (Phi) is 11.8. The van der Waals surface area contributed by atoms with Gasteiger partial charge in [-0.15, -0.1) is 11.3 Å². The summed E-state index contributed by atoms with van der Waals surface area (Å²) >= 11 is 1.56. The Morgan fingerprint density at radius 1 is 1.11 bits per heavy atom. The second-order valence-corrected chi connectivity index (χ2v) is 17.0. The van der Waals surface area contributed by atoms with Gasteiger partial charge in [0.1, 0.15) is 40.0 Å². The van der Waals surface area contributed by atoms with Gasteiger partial charge in [0.2, 0.25) is 17.7 Å². The molecular weight excluding hydrogens is 695 g/mol. The highest BCUT2D eigenvalue weighted by Gasteiger charge is 2.62. The highest BCUT2D eigenvalue weighted by atomic mass is 32.1. The predicted molar refractivity (Wildman–Crippen MR) is 202 cm³/mol. The molecule has 13 heteroatoms. The summed E-state index contributed by atoms with van der Waals surface area (Å²) in [6, 6.07) is 0.257. The van der Waals surface area contributed by atoms with Crippen molar-refractivity contribution in [3.63, 3.8) is 0 Å². The number of pyridine rings is 1. The van der Waals surface area contributed by atoms with E-state index in [4.69, 9.17) is 24.2 Å².